The summed E-state index contributed by atoms with van der Waals surface area (Å²) < 4.78 is 0. The number of carboxylic acid groups (broad SMARTS) is 1. The van der Waals surface area contributed by atoms with Crippen molar-refractivity contribution in [3.05, 3.63) is 29.8 Å². The van der Waals surface area contributed by atoms with Crippen molar-refractivity contribution < 1.29 is 14.7 Å². The molecule has 16 heavy (non-hydrogen) atoms. The molecule has 1 amide bonds. The predicted octanol–water partition coefficient (Wildman–Crippen LogP) is 2.08. The SMILES string of the molecule is CSCCC(=O)Nc1ccccc1C(=O)O. The molecule has 0 aliphatic rings. The number of nitrogens with one attached hydrogen (secondary N) is 1. The van der Waals surface area contributed by atoms with Gasteiger partial charge in [0.25, 0.3) is 0 Å². The van der Waals surface area contributed by atoms with Crippen molar-refractivity contribution in [1.29, 1.82) is 0 Å². The Morgan fingerprint density at radius 2 is 2.06 bits per heavy atom. The third-order valence-corrected chi connectivity index (χ3v) is 2.58. The predicted molar refractivity (Wildman–Crippen MR) is 65.0 cm³/mol. The van der Waals surface area contributed by atoms with E-state index in [-0.39, 0.29) is 11.5 Å². The highest BCUT2D eigenvalue weighted by atomic mass is 32.2. The zero-order valence-electron chi connectivity index (χ0n) is 8.90. The van der Waals surface area contributed by atoms with Gasteiger partial charge in [0.1, 0.15) is 0 Å². The van der Waals surface area contributed by atoms with Gasteiger partial charge in [-0.25, -0.2) is 4.79 Å². The van der Waals surface area contributed by atoms with Crippen molar-refractivity contribution in [3.63, 3.8) is 0 Å². The molecule has 0 aromatic heterocycles. The van der Waals surface area contributed by atoms with E-state index in [0.717, 1.165) is 5.75 Å². The molecule has 0 saturated heterocycles. The fourth-order valence-corrected chi connectivity index (χ4v) is 1.58. The molecule has 0 heterocycles. The lowest BCUT2D eigenvalue weighted by molar-refractivity contribution is -0.115. The smallest absolute Gasteiger partial charge is 0.337 e. The molecule has 0 fully saturated rings. The summed E-state index contributed by atoms with van der Waals surface area (Å²) in [6.45, 7) is 0. The van der Waals surface area contributed by atoms with Crippen LogP contribution in [0.4, 0.5) is 5.69 Å². The molecule has 1 aromatic carbocycles. The van der Waals surface area contributed by atoms with Gasteiger partial charge in [0.2, 0.25) is 5.91 Å². The summed E-state index contributed by atoms with van der Waals surface area (Å²) in [5.74, 6) is -0.482. The summed E-state index contributed by atoms with van der Waals surface area (Å²) in [7, 11) is 0. The molecule has 0 saturated carbocycles. The first-order chi connectivity index (χ1) is 7.65. The van der Waals surface area contributed by atoms with E-state index < -0.39 is 5.97 Å². The minimum atomic E-state index is -1.04. The van der Waals surface area contributed by atoms with E-state index in [9.17, 15) is 9.59 Å². The zero-order valence-corrected chi connectivity index (χ0v) is 9.71. The molecule has 0 spiro atoms. The molecule has 5 heteroatoms. The van der Waals surface area contributed by atoms with Gasteiger partial charge < -0.3 is 10.4 Å². The highest BCUT2D eigenvalue weighted by Crippen LogP contribution is 2.15. The van der Waals surface area contributed by atoms with E-state index in [1.807, 2.05) is 6.26 Å². The van der Waals surface area contributed by atoms with Gasteiger partial charge in [0, 0.05) is 12.2 Å². The summed E-state index contributed by atoms with van der Waals surface area (Å²) in [5, 5.41) is 11.5. The van der Waals surface area contributed by atoms with E-state index in [2.05, 4.69) is 5.32 Å². The maximum absolute atomic E-state index is 11.4. The molecule has 0 bridgehead atoms. The fraction of sp³-hybridized carbons (Fsp3) is 0.273. The van der Waals surface area contributed by atoms with Gasteiger partial charge in [0.05, 0.1) is 11.3 Å². The molecule has 0 aliphatic carbocycles. The van der Waals surface area contributed by atoms with Crippen molar-refractivity contribution in [2.75, 3.05) is 17.3 Å². The number of thioether (sulfide) groups is 1. The zero-order chi connectivity index (χ0) is 12.0. The lowest BCUT2D eigenvalue weighted by atomic mass is 10.2. The highest BCUT2D eigenvalue weighted by molar-refractivity contribution is 7.98. The number of aromatic carboxylic acids is 1. The minimum absolute atomic E-state index is 0.111. The monoisotopic (exact) mass is 239 g/mol. The Labute approximate surface area is 98.0 Å². The average Bonchev–Trinajstić information content (AvgIpc) is 2.27. The second-order valence-electron chi connectivity index (χ2n) is 3.14. The summed E-state index contributed by atoms with van der Waals surface area (Å²) in [6, 6.07) is 6.37. The van der Waals surface area contributed by atoms with Crippen molar-refractivity contribution in [2.24, 2.45) is 0 Å². The van der Waals surface area contributed by atoms with E-state index in [1.54, 1.807) is 30.0 Å². The summed E-state index contributed by atoms with van der Waals surface area (Å²) >= 11 is 1.57. The minimum Gasteiger partial charge on any atom is -0.478 e. The van der Waals surface area contributed by atoms with Gasteiger partial charge in [-0.05, 0) is 18.4 Å². The van der Waals surface area contributed by atoms with Crippen LogP contribution >= 0.6 is 11.8 Å². The van der Waals surface area contributed by atoms with E-state index in [4.69, 9.17) is 5.11 Å². The van der Waals surface area contributed by atoms with Gasteiger partial charge in [-0.2, -0.15) is 11.8 Å². The standard InChI is InChI=1S/C11H13NO3S/c1-16-7-6-10(13)12-9-5-3-2-4-8(9)11(14)15/h2-5H,6-7H2,1H3,(H,12,13)(H,14,15). The molecule has 0 atom stereocenters. The number of amides is 1. The Kier molecular flexibility index (Phi) is 4.85. The molecular weight excluding hydrogens is 226 g/mol. The maximum Gasteiger partial charge on any atom is 0.337 e. The van der Waals surface area contributed by atoms with Gasteiger partial charge in [-0.1, -0.05) is 12.1 Å². The molecule has 0 radical (unpaired) electrons. The van der Waals surface area contributed by atoms with E-state index in [1.165, 1.54) is 6.07 Å². The lowest BCUT2D eigenvalue weighted by Gasteiger charge is -2.07. The van der Waals surface area contributed by atoms with Gasteiger partial charge in [-0.15, -0.1) is 0 Å². The first-order valence-electron chi connectivity index (χ1n) is 4.76. The van der Waals surface area contributed by atoms with Crippen LogP contribution < -0.4 is 5.32 Å². The third-order valence-electron chi connectivity index (χ3n) is 1.96. The Morgan fingerprint density at radius 3 is 2.69 bits per heavy atom. The van der Waals surface area contributed by atoms with Crippen LogP contribution in [0.25, 0.3) is 0 Å². The van der Waals surface area contributed by atoms with Crippen LogP contribution in [-0.4, -0.2) is 29.0 Å². The van der Waals surface area contributed by atoms with Crippen molar-refractivity contribution in [2.45, 2.75) is 6.42 Å². The molecular formula is C11H13NO3S. The molecule has 0 aliphatic heterocycles. The number of carbonyl (C=O) groups is 2. The lowest BCUT2D eigenvalue weighted by Crippen LogP contribution is -2.14. The van der Waals surface area contributed by atoms with Crippen LogP contribution in [0.2, 0.25) is 0 Å². The van der Waals surface area contributed by atoms with Crippen LogP contribution in [0.15, 0.2) is 24.3 Å². The molecule has 1 rings (SSSR count). The van der Waals surface area contributed by atoms with Crippen LogP contribution in [0, 0.1) is 0 Å². The quantitative estimate of drug-likeness (QED) is 0.825. The largest absolute Gasteiger partial charge is 0.478 e. The number of carbonyl (C=O) groups excluding carboxylic acids is 1. The first-order valence-corrected chi connectivity index (χ1v) is 6.15. The van der Waals surface area contributed by atoms with Gasteiger partial charge in [-0.3, -0.25) is 4.79 Å². The van der Waals surface area contributed by atoms with Gasteiger partial charge in [0.15, 0.2) is 0 Å². The second kappa shape index (κ2) is 6.17. The summed E-state index contributed by atoms with van der Waals surface area (Å²) in [5.41, 5.74) is 0.459. The Morgan fingerprint density at radius 1 is 1.38 bits per heavy atom. The molecule has 0 unspecified atom stereocenters. The Balaban J connectivity index is 2.73. The van der Waals surface area contributed by atoms with Crippen molar-refractivity contribution in [1.82, 2.24) is 0 Å². The van der Waals surface area contributed by atoms with Crippen LogP contribution in [0.1, 0.15) is 16.8 Å². The number of benzene rings is 1. The van der Waals surface area contributed by atoms with Crippen molar-refractivity contribution in [3.8, 4) is 0 Å². The van der Waals surface area contributed by atoms with E-state index in [0.29, 0.717) is 12.1 Å². The van der Waals surface area contributed by atoms with E-state index >= 15 is 0 Å². The molecule has 86 valence electrons. The number of hydrogen-bond donors (Lipinski definition) is 2. The van der Waals surface area contributed by atoms with Crippen molar-refractivity contribution >= 4 is 29.3 Å². The number of anilines is 1. The number of rotatable bonds is 5. The average molecular weight is 239 g/mol. The summed E-state index contributed by atoms with van der Waals surface area (Å²) in [4.78, 5) is 22.3. The van der Waals surface area contributed by atoms with Gasteiger partial charge >= 0.3 is 5.97 Å². The molecule has 1 aromatic rings. The normalized spacial score (nSPS) is 9.81. The van der Waals surface area contributed by atoms with Crippen LogP contribution in [0.5, 0.6) is 0 Å². The summed E-state index contributed by atoms with van der Waals surface area (Å²) in [6.07, 6.45) is 2.30. The fourth-order valence-electron chi connectivity index (χ4n) is 1.19. The topological polar surface area (TPSA) is 66.4 Å². The van der Waals surface area contributed by atoms with Crippen LogP contribution in [-0.2, 0) is 4.79 Å². The highest BCUT2D eigenvalue weighted by Gasteiger charge is 2.10. The first kappa shape index (κ1) is 12.6. The number of carboxylic acids is 1. The Hall–Kier alpha value is -1.49. The number of para-hydroxylation sites is 1. The third kappa shape index (κ3) is 3.58. The second-order valence-corrected chi connectivity index (χ2v) is 4.13. The molecule has 2 N–H and O–H groups in total. The Bertz CT molecular complexity index is 393. The maximum atomic E-state index is 11.4. The molecule has 4 nitrogen and oxygen atoms in total. The number of hydrogen-bond acceptors (Lipinski definition) is 3. The van der Waals surface area contributed by atoms with Crippen LogP contribution in [0.3, 0.4) is 0 Å².